The van der Waals surface area contributed by atoms with Gasteiger partial charge in [0, 0.05) is 61.9 Å². The highest BCUT2D eigenvalue weighted by molar-refractivity contribution is 7.91. The summed E-state index contributed by atoms with van der Waals surface area (Å²) in [7, 11) is -0.631. The summed E-state index contributed by atoms with van der Waals surface area (Å²) in [4.78, 5) is 80.2. The number of ether oxygens (including phenoxy) is 1. The number of methoxy groups -OCH3 is 1. The van der Waals surface area contributed by atoms with Gasteiger partial charge in [0.25, 0.3) is 11.8 Å². The maximum atomic E-state index is 14.7. The lowest BCUT2D eigenvalue weighted by molar-refractivity contribution is -0.142. The first-order chi connectivity index (χ1) is 27.5. The Morgan fingerprint density at radius 2 is 1.79 bits per heavy atom. The summed E-state index contributed by atoms with van der Waals surface area (Å²) in [6, 6.07) is 4.99. The number of thiazole rings is 1. The average molecular weight is 838 g/mol. The van der Waals surface area contributed by atoms with Gasteiger partial charge in [-0.2, -0.15) is 0 Å². The van der Waals surface area contributed by atoms with Crippen molar-refractivity contribution in [2.75, 3.05) is 40.3 Å². The van der Waals surface area contributed by atoms with E-state index in [1.165, 1.54) is 16.2 Å². The van der Waals surface area contributed by atoms with Gasteiger partial charge >= 0.3 is 6.03 Å². The summed E-state index contributed by atoms with van der Waals surface area (Å²) in [5.74, 6) is -2.56. The lowest BCUT2D eigenvalue weighted by Gasteiger charge is -2.34. The van der Waals surface area contributed by atoms with Gasteiger partial charge in [0.05, 0.1) is 18.1 Å². The number of rotatable bonds is 8. The topological polar surface area (TPSA) is 187 Å². The fraction of sp³-hybridized carbons (Fsp3) is 0.610. The Hall–Kier alpha value is -4.51. The maximum absolute atomic E-state index is 14.7. The third-order valence-corrected chi connectivity index (χ3v) is 14.6. The molecule has 5 aliphatic rings. The Morgan fingerprint density at radius 1 is 1.05 bits per heavy atom. The van der Waals surface area contributed by atoms with E-state index >= 15 is 0 Å². The van der Waals surface area contributed by atoms with Gasteiger partial charge < -0.3 is 30.1 Å². The number of sulfonamides is 1. The van der Waals surface area contributed by atoms with Gasteiger partial charge in [0.15, 0.2) is 5.01 Å². The van der Waals surface area contributed by atoms with Gasteiger partial charge in [-0.05, 0) is 68.2 Å². The molecular formula is C41H55N7O8S2. The number of likely N-dealkylation sites (tertiary alicyclic amines) is 1. The van der Waals surface area contributed by atoms with Crippen molar-refractivity contribution in [1.29, 1.82) is 0 Å². The van der Waals surface area contributed by atoms with Crippen molar-refractivity contribution in [2.45, 2.75) is 95.0 Å². The van der Waals surface area contributed by atoms with Crippen molar-refractivity contribution in [3.63, 3.8) is 0 Å². The summed E-state index contributed by atoms with van der Waals surface area (Å²) in [5.41, 5.74) is -0.215. The van der Waals surface area contributed by atoms with E-state index in [-0.39, 0.29) is 43.3 Å². The molecule has 3 aliphatic heterocycles. The molecule has 314 valence electrons. The molecule has 58 heavy (non-hydrogen) atoms. The highest BCUT2D eigenvalue weighted by Gasteiger charge is 2.63. The first-order valence-electron chi connectivity index (χ1n) is 20.3. The largest absolute Gasteiger partial charge is 0.497 e. The Kier molecular flexibility index (Phi) is 11.7. The summed E-state index contributed by atoms with van der Waals surface area (Å²) in [5, 5.41) is 7.41. The lowest BCUT2D eigenvalue weighted by Crippen LogP contribution is -2.60. The number of hydrogen-bond acceptors (Lipinski definition) is 10. The number of carbonyl (C=O) groups excluding carboxylic acids is 5. The number of aromatic nitrogens is 1. The number of amides is 6. The van der Waals surface area contributed by atoms with E-state index in [4.69, 9.17) is 4.74 Å². The third kappa shape index (κ3) is 8.89. The van der Waals surface area contributed by atoms with Crippen LogP contribution in [0.2, 0.25) is 0 Å². The van der Waals surface area contributed by atoms with E-state index < -0.39 is 68.5 Å². The van der Waals surface area contributed by atoms with Crippen LogP contribution in [-0.4, -0.2) is 121 Å². The van der Waals surface area contributed by atoms with E-state index in [1.54, 1.807) is 24.0 Å². The minimum Gasteiger partial charge on any atom is -0.497 e. The molecule has 6 atom stereocenters. The van der Waals surface area contributed by atoms with Crippen LogP contribution in [0.1, 0.15) is 81.9 Å². The quantitative estimate of drug-likeness (QED) is 0.333. The minimum atomic E-state index is -3.91. The van der Waals surface area contributed by atoms with Crippen molar-refractivity contribution in [3.8, 4) is 17.0 Å². The van der Waals surface area contributed by atoms with Crippen molar-refractivity contribution < 1.29 is 37.1 Å². The highest BCUT2D eigenvalue weighted by atomic mass is 32.2. The Labute approximate surface area is 344 Å². The van der Waals surface area contributed by atoms with Gasteiger partial charge in [0.2, 0.25) is 21.8 Å². The molecule has 2 saturated carbocycles. The molecule has 7 rings (SSSR count). The molecule has 2 aliphatic carbocycles. The van der Waals surface area contributed by atoms with Crippen LogP contribution in [0, 0.1) is 23.2 Å². The van der Waals surface area contributed by atoms with E-state index in [1.807, 2.05) is 62.6 Å². The molecule has 0 unspecified atom stereocenters. The van der Waals surface area contributed by atoms with Gasteiger partial charge in [-0.1, -0.05) is 45.8 Å². The molecule has 2 saturated heterocycles. The zero-order valence-electron chi connectivity index (χ0n) is 33.9. The molecular weight excluding hydrogens is 783 g/mol. The number of allylic oxidation sites excluding steroid dienone is 1. The number of hydrogen-bond donors (Lipinski definition) is 3. The number of carbonyl (C=O) groups is 5. The van der Waals surface area contributed by atoms with Crippen LogP contribution < -0.4 is 20.1 Å². The highest BCUT2D eigenvalue weighted by Crippen LogP contribution is 2.47. The SMILES string of the molecule is COc1ccc(-c2csc(C(=O)N3C[C@H]4CN5C(=O)[C@@H](NC(=O)N(C)CC(C)(C)C)CCCCC/C=C\[C@H]6C[C@@]6(C(=O)NS(=O)(=O)C6CC6)NC(=O)[C@@H]5[C@H]4C3)n2)cc1. The van der Waals surface area contributed by atoms with Crippen molar-refractivity contribution in [3.05, 3.63) is 46.8 Å². The van der Waals surface area contributed by atoms with Gasteiger partial charge in [-0.25, -0.2) is 18.2 Å². The van der Waals surface area contributed by atoms with Gasteiger partial charge in [-0.3, -0.25) is 23.9 Å². The molecule has 6 amide bonds. The second-order valence-corrected chi connectivity index (χ2v) is 20.6. The summed E-state index contributed by atoms with van der Waals surface area (Å²) < 4.78 is 33.4. The predicted molar refractivity (Wildman–Crippen MR) is 218 cm³/mol. The molecule has 0 bridgehead atoms. The molecule has 2 aromatic rings. The molecule has 0 radical (unpaired) electrons. The van der Waals surface area contributed by atoms with Crippen LogP contribution in [0.3, 0.4) is 0 Å². The summed E-state index contributed by atoms with van der Waals surface area (Å²) in [6.45, 7) is 7.11. The number of benzene rings is 1. The molecule has 3 N–H and O–H groups in total. The van der Waals surface area contributed by atoms with Gasteiger partial charge in [0.1, 0.15) is 23.4 Å². The van der Waals surface area contributed by atoms with Crippen LogP contribution in [0.15, 0.2) is 41.8 Å². The fourth-order valence-electron chi connectivity index (χ4n) is 8.68. The Balaban J connectivity index is 1.16. The van der Waals surface area contributed by atoms with Crippen LogP contribution in [0.25, 0.3) is 11.3 Å². The second-order valence-electron chi connectivity index (χ2n) is 17.8. The molecule has 4 fully saturated rings. The van der Waals surface area contributed by atoms with Crippen LogP contribution in [0.5, 0.6) is 5.75 Å². The fourth-order valence-corrected chi connectivity index (χ4v) is 10.8. The molecule has 4 heterocycles. The lowest BCUT2D eigenvalue weighted by atomic mass is 9.93. The molecule has 15 nitrogen and oxygen atoms in total. The zero-order valence-corrected chi connectivity index (χ0v) is 35.5. The molecule has 1 aromatic heterocycles. The van der Waals surface area contributed by atoms with Crippen LogP contribution in [0.4, 0.5) is 4.79 Å². The normalized spacial score (nSPS) is 28.2. The minimum absolute atomic E-state index is 0.156. The Morgan fingerprint density at radius 3 is 2.48 bits per heavy atom. The first kappa shape index (κ1) is 41.6. The van der Waals surface area contributed by atoms with Gasteiger partial charge in [-0.15, -0.1) is 11.3 Å². The smallest absolute Gasteiger partial charge is 0.317 e. The summed E-state index contributed by atoms with van der Waals surface area (Å²) in [6.07, 6.45) is 8.32. The van der Waals surface area contributed by atoms with Crippen molar-refractivity contribution >= 4 is 51.0 Å². The molecule has 17 heteroatoms. The van der Waals surface area contributed by atoms with E-state index in [9.17, 15) is 32.4 Å². The second kappa shape index (κ2) is 16.3. The predicted octanol–water partition coefficient (Wildman–Crippen LogP) is 3.78. The monoisotopic (exact) mass is 837 g/mol. The van der Waals surface area contributed by atoms with Crippen molar-refractivity contribution in [2.24, 2.45) is 23.2 Å². The van der Waals surface area contributed by atoms with E-state index in [0.717, 1.165) is 18.4 Å². The molecule has 1 aromatic carbocycles. The number of fused-ring (bicyclic) bond motifs is 4. The van der Waals surface area contributed by atoms with Crippen LogP contribution in [-0.2, 0) is 24.4 Å². The zero-order chi connectivity index (χ0) is 41.6. The maximum Gasteiger partial charge on any atom is 0.317 e. The summed E-state index contributed by atoms with van der Waals surface area (Å²) >= 11 is 1.23. The first-order valence-corrected chi connectivity index (χ1v) is 22.7. The molecule has 0 spiro atoms. The number of urea groups is 1. The van der Waals surface area contributed by atoms with Crippen molar-refractivity contribution in [1.82, 2.24) is 35.0 Å². The number of nitrogens with zero attached hydrogens (tertiary/aromatic N) is 4. The third-order valence-electron chi connectivity index (χ3n) is 11.9. The van der Waals surface area contributed by atoms with E-state index in [2.05, 4.69) is 20.3 Å². The van der Waals surface area contributed by atoms with E-state index in [0.29, 0.717) is 55.1 Å². The Bertz CT molecular complexity index is 2060. The standard InChI is InChI=1S/C41H55N7O8S2/c1-40(2,3)24-46(4)39(53)43-31-12-10-8-6-7-9-11-27-19-41(27,38(52)45-58(54,55)29-17-18-29)44-34(49)33-30-22-47(20-26(30)21-48(33)36(31)50)37(51)35-42-32(23-57-35)25-13-15-28(56-5)16-14-25/h9,11,13-16,23,26-27,29-31,33H,6-8,10,12,17-22,24H2,1-5H3,(H,43,53)(H,44,49)(H,45,52)/b11-9-/t26-,27-,30-,31-,33-,41+/m0/s1. The average Bonchev–Trinajstić information content (AvgIpc) is 3.99. The van der Waals surface area contributed by atoms with Crippen LogP contribution >= 0.6 is 11.3 Å². The number of nitrogens with one attached hydrogen (secondary N) is 3.